The van der Waals surface area contributed by atoms with Gasteiger partial charge in [-0.3, -0.25) is 4.79 Å². The molecule has 0 atom stereocenters. The molecule has 0 bridgehead atoms. The Morgan fingerprint density at radius 3 is 2.08 bits per heavy atom. The number of allylic oxidation sites excluding steroid dienone is 1. The van der Waals surface area contributed by atoms with Gasteiger partial charge >= 0.3 is 5.97 Å². The maximum absolute atomic E-state index is 11.1. The van der Waals surface area contributed by atoms with Crippen molar-refractivity contribution in [3.05, 3.63) is 90.1 Å². The highest BCUT2D eigenvalue weighted by Gasteiger charge is 2.05. The van der Waals surface area contributed by atoms with Crippen molar-refractivity contribution in [2.45, 2.75) is 25.7 Å². The number of hydrogen-bond donors (Lipinski definition) is 1. The topological polar surface area (TPSA) is 38.3 Å². The third kappa shape index (κ3) is 6.60. The first-order chi connectivity index (χ1) is 12.7. The number of unbranched alkanes of at least 4 members (excludes halogenated alkanes) is 2. The van der Waals surface area contributed by atoms with E-state index < -0.39 is 0 Å². The SMILES string of the molecule is C=C(C=C(c1ccccc1)c1ccccc1)NCCCCCC(=O)OC. The molecular formula is C23H27NO2. The summed E-state index contributed by atoms with van der Waals surface area (Å²) in [5.74, 6) is -0.138. The standard InChI is InChI=1S/C23H27NO2/c1-19(24-17-11-5-10-16-23(25)26-2)18-22(20-12-6-3-7-13-20)21-14-8-4-9-15-21/h3-4,6-9,12-15,18,24H,1,5,10-11,16-17H2,2H3. The summed E-state index contributed by atoms with van der Waals surface area (Å²) in [7, 11) is 1.43. The molecule has 0 aliphatic heterocycles. The Bertz CT molecular complexity index is 679. The van der Waals surface area contributed by atoms with E-state index in [4.69, 9.17) is 0 Å². The molecule has 0 saturated carbocycles. The highest BCUT2D eigenvalue weighted by Crippen LogP contribution is 2.24. The van der Waals surface area contributed by atoms with Gasteiger partial charge in [-0.2, -0.15) is 0 Å². The maximum Gasteiger partial charge on any atom is 0.305 e. The minimum absolute atomic E-state index is 0.138. The smallest absolute Gasteiger partial charge is 0.305 e. The molecule has 2 aromatic rings. The Morgan fingerprint density at radius 1 is 0.962 bits per heavy atom. The van der Waals surface area contributed by atoms with E-state index in [-0.39, 0.29) is 5.97 Å². The van der Waals surface area contributed by atoms with Gasteiger partial charge in [0.25, 0.3) is 0 Å². The van der Waals surface area contributed by atoms with Crippen molar-refractivity contribution in [2.24, 2.45) is 0 Å². The van der Waals surface area contributed by atoms with Crippen LogP contribution in [0.1, 0.15) is 36.8 Å². The predicted octanol–water partition coefficient (Wildman–Crippen LogP) is 4.96. The number of esters is 1. The van der Waals surface area contributed by atoms with Crippen LogP contribution in [0.15, 0.2) is 79.0 Å². The number of carbonyl (C=O) groups is 1. The molecule has 26 heavy (non-hydrogen) atoms. The molecule has 1 N–H and O–H groups in total. The molecule has 3 nitrogen and oxygen atoms in total. The van der Waals surface area contributed by atoms with E-state index in [2.05, 4.69) is 47.0 Å². The average molecular weight is 349 g/mol. The van der Waals surface area contributed by atoms with Crippen molar-refractivity contribution < 1.29 is 9.53 Å². The summed E-state index contributed by atoms with van der Waals surface area (Å²) in [5, 5.41) is 3.37. The van der Waals surface area contributed by atoms with Crippen LogP contribution in [0.2, 0.25) is 0 Å². The molecule has 0 heterocycles. The first kappa shape index (κ1) is 19.5. The summed E-state index contributed by atoms with van der Waals surface area (Å²) < 4.78 is 4.65. The summed E-state index contributed by atoms with van der Waals surface area (Å²) in [6, 6.07) is 20.7. The van der Waals surface area contributed by atoms with Crippen molar-refractivity contribution in [1.82, 2.24) is 5.32 Å². The third-order valence-corrected chi connectivity index (χ3v) is 4.13. The zero-order valence-electron chi connectivity index (χ0n) is 15.4. The second-order valence-electron chi connectivity index (χ2n) is 6.13. The monoisotopic (exact) mass is 349 g/mol. The highest BCUT2D eigenvalue weighted by molar-refractivity contribution is 5.81. The number of carbonyl (C=O) groups excluding carboxylic acids is 1. The molecule has 0 spiro atoms. The Morgan fingerprint density at radius 2 is 1.54 bits per heavy atom. The Hall–Kier alpha value is -2.81. The molecule has 0 aliphatic carbocycles. The van der Waals surface area contributed by atoms with Gasteiger partial charge in [-0.1, -0.05) is 73.7 Å². The van der Waals surface area contributed by atoms with Gasteiger partial charge < -0.3 is 10.1 Å². The number of rotatable bonds is 10. The van der Waals surface area contributed by atoms with Crippen LogP contribution in [0, 0.1) is 0 Å². The fourth-order valence-electron chi connectivity index (χ4n) is 2.72. The van der Waals surface area contributed by atoms with Crippen LogP contribution in [0.5, 0.6) is 0 Å². The molecule has 0 aliphatic rings. The zero-order chi connectivity index (χ0) is 18.6. The number of methoxy groups -OCH3 is 1. The van der Waals surface area contributed by atoms with Crippen LogP contribution in [-0.4, -0.2) is 19.6 Å². The molecule has 0 aromatic heterocycles. The van der Waals surface area contributed by atoms with Gasteiger partial charge in [-0.25, -0.2) is 0 Å². The number of ether oxygens (including phenoxy) is 1. The van der Waals surface area contributed by atoms with Crippen molar-refractivity contribution >= 4 is 11.5 Å². The van der Waals surface area contributed by atoms with Crippen molar-refractivity contribution in [3.63, 3.8) is 0 Å². The summed E-state index contributed by atoms with van der Waals surface area (Å²) in [6.07, 6.45) is 5.43. The maximum atomic E-state index is 11.1. The Balaban J connectivity index is 1.92. The van der Waals surface area contributed by atoms with Gasteiger partial charge in [0.2, 0.25) is 0 Å². The number of nitrogens with one attached hydrogen (secondary N) is 1. The van der Waals surface area contributed by atoms with Crippen LogP contribution in [0.25, 0.3) is 5.57 Å². The summed E-state index contributed by atoms with van der Waals surface area (Å²) >= 11 is 0. The van der Waals surface area contributed by atoms with Crippen LogP contribution in [-0.2, 0) is 9.53 Å². The molecule has 0 radical (unpaired) electrons. The minimum atomic E-state index is -0.138. The Kier molecular flexibility index (Phi) is 8.20. The van der Waals surface area contributed by atoms with Gasteiger partial charge in [0.15, 0.2) is 0 Å². The van der Waals surface area contributed by atoms with Crippen LogP contribution >= 0.6 is 0 Å². The van der Waals surface area contributed by atoms with E-state index >= 15 is 0 Å². The molecule has 0 saturated heterocycles. The van der Waals surface area contributed by atoms with Gasteiger partial charge in [0.05, 0.1) is 7.11 Å². The molecule has 0 fully saturated rings. The molecule has 0 unspecified atom stereocenters. The van der Waals surface area contributed by atoms with E-state index in [1.807, 2.05) is 36.4 Å². The molecule has 3 heteroatoms. The van der Waals surface area contributed by atoms with Crippen LogP contribution in [0.3, 0.4) is 0 Å². The van der Waals surface area contributed by atoms with E-state index in [0.717, 1.165) is 37.1 Å². The molecular weight excluding hydrogens is 322 g/mol. The largest absolute Gasteiger partial charge is 0.469 e. The second kappa shape index (κ2) is 10.9. The van der Waals surface area contributed by atoms with Gasteiger partial charge in [-0.15, -0.1) is 0 Å². The van der Waals surface area contributed by atoms with E-state index in [0.29, 0.717) is 6.42 Å². The lowest BCUT2D eigenvalue weighted by molar-refractivity contribution is -0.140. The van der Waals surface area contributed by atoms with Gasteiger partial charge in [0.1, 0.15) is 0 Å². The number of hydrogen-bond acceptors (Lipinski definition) is 3. The lowest BCUT2D eigenvalue weighted by Crippen LogP contribution is -2.13. The van der Waals surface area contributed by atoms with E-state index in [9.17, 15) is 4.79 Å². The zero-order valence-corrected chi connectivity index (χ0v) is 15.4. The fraction of sp³-hybridized carbons (Fsp3) is 0.261. The highest BCUT2D eigenvalue weighted by atomic mass is 16.5. The molecule has 0 amide bonds. The van der Waals surface area contributed by atoms with E-state index in [1.54, 1.807) is 0 Å². The molecule has 136 valence electrons. The first-order valence-corrected chi connectivity index (χ1v) is 9.03. The molecule has 2 rings (SSSR count). The Labute approximate surface area is 156 Å². The summed E-state index contributed by atoms with van der Waals surface area (Å²) in [4.78, 5) is 11.1. The normalized spacial score (nSPS) is 10.0. The first-order valence-electron chi connectivity index (χ1n) is 9.03. The minimum Gasteiger partial charge on any atom is -0.469 e. The lowest BCUT2D eigenvalue weighted by atomic mass is 9.97. The second-order valence-corrected chi connectivity index (χ2v) is 6.13. The van der Waals surface area contributed by atoms with Crippen LogP contribution in [0.4, 0.5) is 0 Å². The predicted molar refractivity (Wildman–Crippen MR) is 108 cm³/mol. The van der Waals surface area contributed by atoms with Crippen molar-refractivity contribution in [1.29, 1.82) is 0 Å². The van der Waals surface area contributed by atoms with Crippen molar-refractivity contribution in [3.8, 4) is 0 Å². The summed E-state index contributed by atoms with van der Waals surface area (Å²) in [6.45, 7) is 4.98. The fourth-order valence-corrected chi connectivity index (χ4v) is 2.72. The van der Waals surface area contributed by atoms with Gasteiger partial charge in [-0.05, 0) is 35.6 Å². The molecule has 2 aromatic carbocycles. The van der Waals surface area contributed by atoms with Crippen molar-refractivity contribution in [2.75, 3.05) is 13.7 Å². The average Bonchev–Trinajstić information content (AvgIpc) is 2.69. The summed E-state index contributed by atoms with van der Waals surface area (Å²) in [5.41, 5.74) is 4.37. The number of benzene rings is 2. The lowest BCUT2D eigenvalue weighted by Gasteiger charge is -2.11. The van der Waals surface area contributed by atoms with Crippen LogP contribution < -0.4 is 5.32 Å². The van der Waals surface area contributed by atoms with E-state index in [1.165, 1.54) is 18.2 Å². The van der Waals surface area contributed by atoms with Gasteiger partial charge in [0, 0.05) is 18.7 Å². The third-order valence-electron chi connectivity index (χ3n) is 4.13. The quantitative estimate of drug-likeness (QED) is 0.374.